The number of hydrogen-bond donors (Lipinski definition) is 2. The lowest BCUT2D eigenvalue weighted by Gasteiger charge is -2.40. The first-order valence-electron chi connectivity index (χ1n) is 16.9. The van der Waals surface area contributed by atoms with Crippen LogP contribution >= 0.6 is 11.6 Å². The van der Waals surface area contributed by atoms with Crippen LogP contribution in [-0.2, 0) is 28.7 Å². The van der Waals surface area contributed by atoms with Crippen molar-refractivity contribution in [1.82, 2.24) is 10.2 Å². The zero-order valence-electron chi connectivity index (χ0n) is 28.3. The molecule has 0 aliphatic carbocycles. The molecule has 3 heterocycles. The molecule has 11 heteroatoms. The van der Waals surface area contributed by atoms with Gasteiger partial charge in [0.2, 0.25) is 11.8 Å². The van der Waals surface area contributed by atoms with E-state index in [-0.39, 0.29) is 32.1 Å². The summed E-state index contributed by atoms with van der Waals surface area (Å²) in [5, 5.41) is 14.0. The number of para-hydroxylation sites is 1. The minimum Gasteiger partial charge on any atom is -0.463 e. The van der Waals surface area contributed by atoms with Gasteiger partial charge in [0.15, 0.2) is 0 Å². The van der Waals surface area contributed by atoms with Crippen LogP contribution in [0.3, 0.4) is 0 Å². The van der Waals surface area contributed by atoms with Crippen LogP contribution in [0.1, 0.15) is 56.7 Å². The summed E-state index contributed by atoms with van der Waals surface area (Å²) in [6.07, 6.45) is 4.10. The molecule has 10 nitrogen and oxygen atoms in total. The first-order valence-corrected chi connectivity index (χ1v) is 17.3. The third-order valence-corrected chi connectivity index (χ3v) is 10.4. The Kier molecular flexibility index (Phi) is 11.3. The molecule has 3 aliphatic rings. The normalized spacial score (nSPS) is 25.1. The zero-order chi connectivity index (χ0) is 35.5. The third-order valence-electron chi connectivity index (χ3n) is 10.1. The highest BCUT2D eigenvalue weighted by atomic mass is 35.5. The van der Waals surface area contributed by atoms with E-state index in [1.54, 1.807) is 24.3 Å². The Morgan fingerprint density at radius 2 is 1.90 bits per heavy atom. The van der Waals surface area contributed by atoms with E-state index in [1.165, 1.54) is 9.80 Å². The predicted molar refractivity (Wildman–Crippen MR) is 187 cm³/mol. The number of aliphatic hydroxyl groups excluding tert-OH is 1. The van der Waals surface area contributed by atoms with Crippen molar-refractivity contribution in [2.75, 3.05) is 24.7 Å². The average Bonchev–Trinajstić information content (AvgIpc) is 3.73. The highest BCUT2D eigenvalue weighted by molar-refractivity contribution is 6.34. The average molecular weight is 692 g/mol. The molecule has 2 aromatic rings. The Morgan fingerprint density at radius 1 is 1.16 bits per heavy atom. The van der Waals surface area contributed by atoms with E-state index >= 15 is 0 Å². The number of amides is 3. The summed E-state index contributed by atoms with van der Waals surface area (Å²) in [7, 11) is 0. The number of fused-ring (bicyclic) bond motifs is 1. The zero-order valence-corrected chi connectivity index (χ0v) is 29.1. The molecule has 0 unspecified atom stereocenters. The van der Waals surface area contributed by atoms with Crippen molar-refractivity contribution in [1.29, 1.82) is 0 Å². The summed E-state index contributed by atoms with van der Waals surface area (Å²) in [4.78, 5) is 59.3. The van der Waals surface area contributed by atoms with Gasteiger partial charge in [0, 0.05) is 13.0 Å². The number of likely N-dealkylation sites (tertiary alicyclic amines) is 1. The number of halogens is 1. The Hall–Kier alpha value is -3.99. The second-order valence-corrected chi connectivity index (χ2v) is 13.8. The van der Waals surface area contributed by atoms with Gasteiger partial charge in [-0.1, -0.05) is 80.1 Å². The third kappa shape index (κ3) is 6.78. The summed E-state index contributed by atoms with van der Waals surface area (Å²) < 4.78 is 12.2. The van der Waals surface area contributed by atoms with Crippen molar-refractivity contribution in [3.63, 3.8) is 0 Å². The highest BCUT2D eigenvalue weighted by Crippen LogP contribution is 2.59. The number of nitrogens with one attached hydrogen (secondary N) is 1. The smallest absolute Gasteiger partial charge is 0.306 e. The molecule has 7 atom stereocenters. The van der Waals surface area contributed by atoms with Gasteiger partial charge in [0.05, 0.1) is 47.3 Å². The number of rotatable bonds is 15. The standard InChI is InChI=1S/C38H46ClN3O7/c1-6-8-17-30(44)48-22-27(25-14-10-9-11-15-25)40-35(45)31-29-18-19-38(49-29)32(31)36(46)42(28(21-43)23(3)4)34(38)37(47)41(20-7-2)33-24(5)13-12-16-26(33)39/h6-7,9-16,23,27-29,31-32,34,43H,1-2,8,17-22H2,3-5H3,(H,40,45)/t27-,28-,29-,31+,32+,34-,38+/m0/s1. The molecule has 3 amide bonds. The van der Waals surface area contributed by atoms with E-state index in [1.807, 2.05) is 57.2 Å². The van der Waals surface area contributed by atoms with E-state index in [0.717, 1.165) is 11.1 Å². The van der Waals surface area contributed by atoms with Crippen molar-refractivity contribution in [2.24, 2.45) is 17.8 Å². The van der Waals surface area contributed by atoms with Crippen molar-refractivity contribution < 1.29 is 33.8 Å². The van der Waals surface area contributed by atoms with E-state index in [2.05, 4.69) is 18.5 Å². The summed E-state index contributed by atoms with van der Waals surface area (Å²) >= 11 is 6.67. The van der Waals surface area contributed by atoms with Crippen molar-refractivity contribution in [3.8, 4) is 0 Å². The molecule has 0 saturated carbocycles. The number of benzene rings is 2. The molecule has 3 aliphatic heterocycles. The van der Waals surface area contributed by atoms with Crippen molar-refractivity contribution in [2.45, 2.75) is 76.3 Å². The summed E-state index contributed by atoms with van der Waals surface area (Å²) in [5.41, 5.74) is 0.689. The number of nitrogens with zero attached hydrogens (tertiary/aromatic N) is 2. The Labute approximate surface area is 293 Å². The molecule has 0 aromatic heterocycles. The van der Waals surface area contributed by atoms with Crippen LogP contribution in [-0.4, -0.2) is 77.2 Å². The lowest BCUT2D eigenvalue weighted by atomic mass is 9.70. The van der Waals surface area contributed by atoms with Gasteiger partial charge in [-0.25, -0.2) is 0 Å². The molecule has 3 saturated heterocycles. The Morgan fingerprint density at radius 3 is 2.53 bits per heavy atom. The van der Waals surface area contributed by atoms with Gasteiger partial charge in [-0.05, 0) is 49.3 Å². The van der Waals surface area contributed by atoms with E-state index in [0.29, 0.717) is 30.0 Å². The maximum absolute atomic E-state index is 14.9. The van der Waals surface area contributed by atoms with Crippen LogP contribution in [0.15, 0.2) is 73.8 Å². The quantitative estimate of drug-likeness (QED) is 0.201. The first-order chi connectivity index (χ1) is 23.5. The van der Waals surface area contributed by atoms with Crippen molar-refractivity contribution in [3.05, 3.63) is 90.0 Å². The minimum atomic E-state index is -1.31. The van der Waals surface area contributed by atoms with Gasteiger partial charge >= 0.3 is 5.97 Å². The maximum Gasteiger partial charge on any atom is 0.306 e. The first kappa shape index (κ1) is 36.3. The lowest BCUT2D eigenvalue weighted by molar-refractivity contribution is -0.147. The molecule has 2 bridgehead atoms. The van der Waals surface area contributed by atoms with E-state index < -0.39 is 65.4 Å². The van der Waals surface area contributed by atoms with Crippen LogP contribution in [0.2, 0.25) is 5.02 Å². The summed E-state index contributed by atoms with van der Waals surface area (Å²) in [5.74, 6) is -3.76. The molecule has 3 fully saturated rings. The number of carbonyl (C=O) groups is 4. The van der Waals surface area contributed by atoms with Gasteiger partial charge in [-0.15, -0.1) is 13.2 Å². The second kappa shape index (κ2) is 15.3. The molecular weight excluding hydrogens is 646 g/mol. The molecule has 5 rings (SSSR count). The maximum atomic E-state index is 14.9. The molecule has 49 heavy (non-hydrogen) atoms. The lowest BCUT2D eigenvalue weighted by Crippen LogP contribution is -2.60. The molecule has 2 N–H and O–H groups in total. The molecular formula is C38H46ClN3O7. The largest absolute Gasteiger partial charge is 0.463 e. The van der Waals surface area contributed by atoms with Crippen LogP contribution < -0.4 is 10.2 Å². The highest BCUT2D eigenvalue weighted by Gasteiger charge is 2.75. The number of esters is 1. The monoisotopic (exact) mass is 691 g/mol. The van der Waals surface area contributed by atoms with E-state index in [4.69, 9.17) is 21.1 Å². The van der Waals surface area contributed by atoms with E-state index in [9.17, 15) is 24.3 Å². The number of carbonyl (C=O) groups excluding carboxylic acids is 4. The van der Waals surface area contributed by atoms with Crippen molar-refractivity contribution >= 4 is 41.0 Å². The van der Waals surface area contributed by atoms with Crippen LogP contribution in [0.5, 0.6) is 0 Å². The molecule has 262 valence electrons. The number of anilines is 1. The molecule has 2 aromatic carbocycles. The van der Waals surface area contributed by atoms with Gasteiger partial charge in [0.1, 0.15) is 18.2 Å². The summed E-state index contributed by atoms with van der Waals surface area (Å²) in [6.45, 7) is 12.8. The second-order valence-electron chi connectivity index (χ2n) is 13.4. The van der Waals surface area contributed by atoms with Gasteiger partial charge in [0.25, 0.3) is 5.91 Å². The van der Waals surface area contributed by atoms with Gasteiger partial charge < -0.3 is 29.7 Å². The molecule has 0 radical (unpaired) electrons. The van der Waals surface area contributed by atoms with Crippen LogP contribution in [0.25, 0.3) is 0 Å². The topological polar surface area (TPSA) is 125 Å². The Bertz CT molecular complexity index is 1560. The predicted octanol–water partition coefficient (Wildman–Crippen LogP) is 4.93. The number of ether oxygens (including phenoxy) is 2. The fraction of sp³-hybridized carbons (Fsp3) is 0.474. The minimum absolute atomic E-state index is 0.103. The Balaban J connectivity index is 1.52. The summed E-state index contributed by atoms with van der Waals surface area (Å²) in [6, 6.07) is 12.0. The van der Waals surface area contributed by atoms with Crippen LogP contribution in [0.4, 0.5) is 5.69 Å². The SMILES string of the molecule is C=CCCC(=O)OC[C@H](NC(=O)[C@@H]1[C@@H]2CC[C@]3(O2)[C@H](C(=O)N(CC=C)c2c(C)cccc2Cl)N([C@@H](CO)C(C)C)C(=O)[C@@H]13)c1ccccc1. The molecule has 1 spiro atoms. The van der Waals surface area contributed by atoms with Gasteiger partial charge in [-0.2, -0.15) is 0 Å². The number of aryl methyl sites for hydroxylation is 1. The number of aliphatic hydroxyl groups is 1. The fourth-order valence-corrected chi connectivity index (χ4v) is 8.15. The number of hydrogen-bond acceptors (Lipinski definition) is 7. The van der Waals surface area contributed by atoms with Crippen LogP contribution in [0, 0.1) is 24.7 Å². The number of allylic oxidation sites excluding steroid dienone is 1. The van der Waals surface area contributed by atoms with Gasteiger partial charge in [-0.3, -0.25) is 19.2 Å². The fourth-order valence-electron chi connectivity index (χ4n) is 7.82.